The van der Waals surface area contributed by atoms with Gasteiger partial charge in [0.05, 0.1) is 0 Å². The van der Waals surface area contributed by atoms with Crippen molar-refractivity contribution in [2.75, 3.05) is 18.5 Å². The highest BCUT2D eigenvalue weighted by atomic mass is 35.5. The van der Waals surface area contributed by atoms with Gasteiger partial charge in [-0.2, -0.15) is 0 Å². The minimum Gasteiger partial charge on any atom is -0.437 e. The molecule has 0 amide bonds. The summed E-state index contributed by atoms with van der Waals surface area (Å²) in [5, 5.41) is 0.617. The molecule has 0 radical (unpaired) electrons. The van der Waals surface area contributed by atoms with E-state index in [1.807, 2.05) is 35.9 Å². The SMILES string of the molecule is CC1CN(c2ccc(Cl)cc2)C2(C)OC(=O)/C=C/C(=O)OC2N1C. The molecular formula is C17H19ClN2O4. The Hall–Kier alpha value is -2.05. The molecule has 2 heterocycles. The number of halogens is 1. The van der Waals surface area contributed by atoms with E-state index in [0.29, 0.717) is 11.6 Å². The molecule has 2 aliphatic heterocycles. The normalized spacial score (nSPS) is 32.2. The fourth-order valence-corrected chi connectivity index (χ4v) is 3.25. The molecule has 0 N–H and O–H groups in total. The van der Waals surface area contributed by atoms with E-state index in [2.05, 4.69) is 0 Å². The molecule has 1 aromatic rings. The van der Waals surface area contributed by atoms with Gasteiger partial charge in [0, 0.05) is 42.4 Å². The highest BCUT2D eigenvalue weighted by molar-refractivity contribution is 6.30. The summed E-state index contributed by atoms with van der Waals surface area (Å²) in [6.45, 7) is 4.37. The lowest BCUT2D eigenvalue weighted by atomic mass is 10.0. The van der Waals surface area contributed by atoms with Crippen LogP contribution < -0.4 is 4.90 Å². The summed E-state index contributed by atoms with van der Waals surface area (Å²) in [6, 6.07) is 7.33. The zero-order chi connectivity index (χ0) is 17.5. The Labute approximate surface area is 145 Å². The minimum absolute atomic E-state index is 0.0775. The van der Waals surface area contributed by atoms with E-state index in [1.165, 1.54) is 0 Å². The van der Waals surface area contributed by atoms with Gasteiger partial charge in [0.1, 0.15) is 0 Å². The third-order valence-corrected chi connectivity index (χ3v) is 4.79. The number of ether oxygens (including phenoxy) is 2. The van der Waals surface area contributed by atoms with Crippen LogP contribution in [0.3, 0.4) is 0 Å². The Kier molecular flexibility index (Phi) is 4.27. The Bertz CT molecular complexity index is 690. The van der Waals surface area contributed by atoms with Crippen LogP contribution in [0.25, 0.3) is 0 Å². The number of hydrogen-bond acceptors (Lipinski definition) is 6. The highest BCUT2D eigenvalue weighted by Gasteiger charge is 2.53. The van der Waals surface area contributed by atoms with Crippen LogP contribution in [0.1, 0.15) is 13.8 Å². The van der Waals surface area contributed by atoms with Crippen LogP contribution in [0.5, 0.6) is 0 Å². The van der Waals surface area contributed by atoms with Crippen molar-refractivity contribution in [2.24, 2.45) is 0 Å². The molecule has 2 aliphatic rings. The highest BCUT2D eigenvalue weighted by Crippen LogP contribution is 2.37. The van der Waals surface area contributed by atoms with Gasteiger partial charge in [-0.15, -0.1) is 0 Å². The molecule has 6 nitrogen and oxygen atoms in total. The molecule has 24 heavy (non-hydrogen) atoms. The average Bonchev–Trinajstić information content (AvgIpc) is 2.53. The first-order valence-corrected chi connectivity index (χ1v) is 8.06. The van der Waals surface area contributed by atoms with Crippen molar-refractivity contribution in [3.63, 3.8) is 0 Å². The zero-order valence-electron chi connectivity index (χ0n) is 13.7. The van der Waals surface area contributed by atoms with Crippen molar-refractivity contribution in [3.05, 3.63) is 41.4 Å². The maximum atomic E-state index is 12.1. The molecule has 7 heteroatoms. The van der Waals surface area contributed by atoms with Gasteiger partial charge in [-0.05, 0) is 38.2 Å². The quantitative estimate of drug-likeness (QED) is 0.724. The van der Waals surface area contributed by atoms with Crippen molar-refractivity contribution < 1.29 is 19.1 Å². The van der Waals surface area contributed by atoms with E-state index in [4.69, 9.17) is 21.1 Å². The van der Waals surface area contributed by atoms with Crippen LogP contribution in [0.2, 0.25) is 5.02 Å². The number of fused-ring (bicyclic) bond motifs is 1. The van der Waals surface area contributed by atoms with Crippen LogP contribution in [0, 0.1) is 0 Å². The van der Waals surface area contributed by atoms with Crippen LogP contribution >= 0.6 is 11.6 Å². The standard InChI is InChI=1S/C17H19ClN2O4/c1-11-10-20(13-6-4-12(18)5-7-13)17(2)16(19(11)3)23-14(21)8-9-15(22)24-17/h4-9,11,16H,10H2,1-3H3/b9-8+. The van der Waals surface area contributed by atoms with Gasteiger partial charge < -0.3 is 14.4 Å². The van der Waals surface area contributed by atoms with E-state index in [0.717, 1.165) is 17.8 Å². The summed E-state index contributed by atoms with van der Waals surface area (Å²) in [4.78, 5) is 27.8. The topological polar surface area (TPSA) is 59.1 Å². The first-order valence-electron chi connectivity index (χ1n) is 7.68. The number of carbonyl (C=O) groups excluding carboxylic acids is 2. The summed E-state index contributed by atoms with van der Waals surface area (Å²) < 4.78 is 11.3. The van der Waals surface area contributed by atoms with Crippen molar-refractivity contribution in [3.8, 4) is 0 Å². The van der Waals surface area contributed by atoms with Crippen molar-refractivity contribution in [2.45, 2.75) is 31.8 Å². The van der Waals surface area contributed by atoms with Crippen LogP contribution in [0.15, 0.2) is 36.4 Å². The summed E-state index contributed by atoms with van der Waals surface area (Å²) >= 11 is 5.97. The monoisotopic (exact) mass is 350 g/mol. The van der Waals surface area contributed by atoms with Crippen LogP contribution in [-0.4, -0.2) is 48.4 Å². The second-order valence-corrected chi connectivity index (χ2v) is 6.64. The lowest BCUT2D eigenvalue weighted by Crippen LogP contribution is -2.71. The predicted octanol–water partition coefficient (Wildman–Crippen LogP) is 2.18. The molecular weight excluding hydrogens is 332 g/mol. The molecule has 0 spiro atoms. The number of benzene rings is 1. The molecule has 1 aromatic carbocycles. The third-order valence-electron chi connectivity index (χ3n) is 4.53. The van der Waals surface area contributed by atoms with Gasteiger partial charge in [0.15, 0.2) is 0 Å². The number of piperazine rings is 1. The first kappa shape index (κ1) is 16.8. The van der Waals surface area contributed by atoms with Crippen molar-refractivity contribution >= 4 is 29.2 Å². The Morgan fingerprint density at radius 2 is 1.79 bits per heavy atom. The molecule has 0 saturated carbocycles. The van der Waals surface area contributed by atoms with E-state index < -0.39 is 23.9 Å². The summed E-state index contributed by atoms with van der Waals surface area (Å²) in [5.41, 5.74) is -0.327. The number of anilines is 1. The first-order chi connectivity index (χ1) is 11.3. The number of hydrogen-bond donors (Lipinski definition) is 0. The minimum atomic E-state index is -1.16. The zero-order valence-corrected chi connectivity index (χ0v) is 14.5. The van der Waals surface area contributed by atoms with Gasteiger partial charge in [-0.25, -0.2) is 9.59 Å². The second-order valence-electron chi connectivity index (χ2n) is 6.20. The molecule has 1 fully saturated rings. The molecule has 3 atom stereocenters. The fourth-order valence-electron chi connectivity index (χ4n) is 3.12. The molecule has 3 rings (SSSR count). The largest absolute Gasteiger partial charge is 0.437 e. The average molecular weight is 351 g/mol. The predicted molar refractivity (Wildman–Crippen MR) is 89.5 cm³/mol. The Balaban J connectivity index is 2.08. The lowest BCUT2D eigenvalue weighted by Gasteiger charge is -2.54. The van der Waals surface area contributed by atoms with Gasteiger partial charge in [0.25, 0.3) is 0 Å². The molecule has 3 unspecified atom stereocenters. The fraction of sp³-hybridized carbons (Fsp3) is 0.412. The van der Waals surface area contributed by atoms with Crippen molar-refractivity contribution in [1.82, 2.24) is 4.90 Å². The lowest BCUT2D eigenvalue weighted by molar-refractivity contribution is -0.213. The molecule has 0 bridgehead atoms. The molecule has 128 valence electrons. The smallest absolute Gasteiger partial charge is 0.333 e. The van der Waals surface area contributed by atoms with Crippen LogP contribution in [-0.2, 0) is 19.1 Å². The number of nitrogens with zero attached hydrogens (tertiary/aromatic N) is 2. The van der Waals surface area contributed by atoms with Gasteiger partial charge in [-0.1, -0.05) is 11.6 Å². The Morgan fingerprint density at radius 3 is 2.46 bits per heavy atom. The summed E-state index contributed by atoms with van der Waals surface area (Å²) in [7, 11) is 1.85. The summed E-state index contributed by atoms with van der Waals surface area (Å²) in [6.07, 6.45) is 1.43. The maximum absolute atomic E-state index is 12.1. The van der Waals surface area contributed by atoms with Crippen molar-refractivity contribution in [1.29, 1.82) is 0 Å². The molecule has 1 saturated heterocycles. The second kappa shape index (κ2) is 6.11. The number of rotatable bonds is 1. The van der Waals surface area contributed by atoms with Gasteiger partial charge in [-0.3, -0.25) is 4.90 Å². The summed E-state index contributed by atoms with van der Waals surface area (Å²) in [5.74, 6) is -1.15. The van der Waals surface area contributed by atoms with E-state index in [-0.39, 0.29) is 6.04 Å². The third kappa shape index (κ3) is 2.87. The van der Waals surface area contributed by atoms with E-state index in [9.17, 15) is 9.59 Å². The maximum Gasteiger partial charge on any atom is 0.333 e. The van der Waals surface area contributed by atoms with E-state index in [1.54, 1.807) is 19.1 Å². The number of likely N-dealkylation sites (N-methyl/N-ethyl adjacent to an activating group) is 1. The van der Waals surface area contributed by atoms with Crippen LogP contribution in [0.4, 0.5) is 5.69 Å². The van der Waals surface area contributed by atoms with E-state index >= 15 is 0 Å². The van der Waals surface area contributed by atoms with Gasteiger partial charge >= 0.3 is 11.9 Å². The van der Waals surface area contributed by atoms with Gasteiger partial charge in [0.2, 0.25) is 12.0 Å². The Morgan fingerprint density at radius 1 is 1.17 bits per heavy atom. The number of carbonyl (C=O) groups is 2. The number of esters is 2. The molecule has 0 aliphatic carbocycles. The molecule has 0 aromatic heterocycles.